The molecule has 2 atom stereocenters. The Bertz CT molecular complexity index is 740. The molecule has 2 rings (SSSR count). The molecule has 0 fully saturated rings. The molecule has 2 aromatic carbocycles. The lowest BCUT2D eigenvalue weighted by molar-refractivity contribution is -0.123. The van der Waals surface area contributed by atoms with Gasteiger partial charge in [0.25, 0.3) is 0 Å². The van der Waals surface area contributed by atoms with Crippen molar-refractivity contribution in [2.24, 2.45) is 5.73 Å². The first kappa shape index (κ1) is 18.0. The number of nitrogens with two attached hydrogens (primary N) is 1. The lowest BCUT2D eigenvalue weighted by atomic mass is 10.0. The molecule has 0 radical (unpaired) electrons. The van der Waals surface area contributed by atoms with Crippen molar-refractivity contribution in [1.29, 1.82) is 0 Å². The highest BCUT2D eigenvalue weighted by Gasteiger charge is 2.25. The van der Waals surface area contributed by atoms with Gasteiger partial charge in [0, 0.05) is 6.54 Å². The lowest BCUT2D eigenvalue weighted by Crippen LogP contribution is -2.37. The first-order chi connectivity index (χ1) is 11.3. The summed E-state index contributed by atoms with van der Waals surface area (Å²) in [7, 11) is 1.52. The van der Waals surface area contributed by atoms with Crippen LogP contribution in [0.2, 0.25) is 0 Å². The molecule has 1 amide bonds. The molecule has 0 bridgehead atoms. The molecule has 0 aliphatic carbocycles. The Morgan fingerprint density at radius 2 is 1.83 bits per heavy atom. The molecular weight excluding hydrogens is 321 g/mol. The van der Waals surface area contributed by atoms with Crippen LogP contribution in [0.25, 0.3) is 0 Å². The number of primary amides is 1. The van der Waals surface area contributed by atoms with Crippen LogP contribution in [0.3, 0.4) is 0 Å². The number of carbonyl (C=O) groups excluding carboxylic acids is 1. The monoisotopic (exact) mass is 338 g/mol. The standard InChI is InChI=1S/C17H17F3N2O2/c1-22(9-15(23)10-5-6-13(19)14(20)8-10)16(17(21)24)11-3-2-4-12(18)7-11/h2-8,15-16,23H,9H2,1H3,(H2,21,24). The molecule has 0 heterocycles. The number of rotatable bonds is 6. The minimum Gasteiger partial charge on any atom is -0.387 e. The maximum atomic E-state index is 13.4. The molecule has 0 spiro atoms. The van der Waals surface area contributed by atoms with E-state index >= 15 is 0 Å². The Balaban J connectivity index is 2.19. The predicted octanol–water partition coefficient (Wildman–Crippen LogP) is 2.30. The smallest absolute Gasteiger partial charge is 0.239 e. The van der Waals surface area contributed by atoms with Crippen molar-refractivity contribution in [3.8, 4) is 0 Å². The summed E-state index contributed by atoms with van der Waals surface area (Å²) in [5.41, 5.74) is 5.88. The molecule has 0 saturated heterocycles. The van der Waals surface area contributed by atoms with Gasteiger partial charge < -0.3 is 10.8 Å². The zero-order chi connectivity index (χ0) is 17.9. The highest BCUT2D eigenvalue weighted by atomic mass is 19.2. The van der Waals surface area contributed by atoms with Crippen LogP contribution in [-0.4, -0.2) is 29.5 Å². The maximum Gasteiger partial charge on any atom is 0.239 e. The number of aliphatic hydroxyl groups excluding tert-OH is 1. The second-order valence-corrected chi connectivity index (χ2v) is 5.49. The number of hydrogen-bond donors (Lipinski definition) is 2. The summed E-state index contributed by atoms with van der Waals surface area (Å²) >= 11 is 0. The number of halogens is 3. The largest absolute Gasteiger partial charge is 0.387 e. The van der Waals surface area contributed by atoms with Crippen LogP contribution in [0.5, 0.6) is 0 Å². The van der Waals surface area contributed by atoms with Crippen molar-refractivity contribution in [3.05, 3.63) is 71.0 Å². The molecule has 0 aromatic heterocycles. The minimum absolute atomic E-state index is 0.0881. The molecule has 3 N–H and O–H groups in total. The zero-order valence-corrected chi connectivity index (χ0v) is 12.9. The lowest BCUT2D eigenvalue weighted by Gasteiger charge is -2.28. The number of nitrogens with zero attached hydrogens (tertiary/aromatic N) is 1. The Kier molecular flexibility index (Phi) is 5.58. The van der Waals surface area contributed by atoms with Crippen molar-refractivity contribution < 1.29 is 23.1 Å². The van der Waals surface area contributed by atoms with Crippen molar-refractivity contribution in [1.82, 2.24) is 4.90 Å². The van der Waals surface area contributed by atoms with Crippen molar-refractivity contribution >= 4 is 5.91 Å². The third-order valence-corrected chi connectivity index (χ3v) is 3.66. The number of benzene rings is 2. The van der Waals surface area contributed by atoms with Crippen LogP contribution in [0.1, 0.15) is 23.3 Å². The van der Waals surface area contributed by atoms with E-state index in [-0.39, 0.29) is 12.1 Å². The summed E-state index contributed by atoms with van der Waals surface area (Å²) in [6.45, 7) is -0.0881. The molecule has 7 heteroatoms. The normalized spacial score (nSPS) is 13.8. The van der Waals surface area contributed by atoms with Gasteiger partial charge in [0.2, 0.25) is 5.91 Å². The van der Waals surface area contributed by atoms with E-state index in [0.29, 0.717) is 5.56 Å². The number of carbonyl (C=O) groups is 1. The van der Waals surface area contributed by atoms with Gasteiger partial charge in [-0.2, -0.15) is 0 Å². The number of aliphatic hydroxyl groups is 1. The van der Waals surface area contributed by atoms with E-state index in [2.05, 4.69) is 0 Å². The van der Waals surface area contributed by atoms with Gasteiger partial charge >= 0.3 is 0 Å². The summed E-state index contributed by atoms with van der Waals surface area (Å²) in [5.74, 6) is -3.34. The average Bonchev–Trinajstić information content (AvgIpc) is 2.49. The number of amides is 1. The van der Waals surface area contributed by atoms with Gasteiger partial charge in [-0.15, -0.1) is 0 Å². The second kappa shape index (κ2) is 7.46. The van der Waals surface area contributed by atoms with Gasteiger partial charge in [0.15, 0.2) is 11.6 Å². The summed E-state index contributed by atoms with van der Waals surface area (Å²) in [6, 6.07) is 7.47. The highest BCUT2D eigenvalue weighted by molar-refractivity contribution is 5.81. The fourth-order valence-corrected chi connectivity index (χ4v) is 2.52. The molecule has 0 saturated carbocycles. The third kappa shape index (κ3) is 4.12. The summed E-state index contributed by atoms with van der Waals surface area (Å²) in [5, 5.41) is 10.2. The van der Waals surface area contributed by atoms with Gasteiger partial charge in [-0.25, -0.2) is 13.2 Å². The number of hydrogen-bond acceptors (Lipinski definition) is 3. The SMILES string of the molecule is CN(CC(O)c1ccc(F)c(F)c1)C(C(N)=O)c1cccc(F)c1. The van der Waals surface area contributed by atoms with E-state index in [1.807, 2.05) is 0 Å². The van der Waals surface area contributed by atoms with Crippen LogP contribution >= 0.6 is 0 Å². The van der Waals surface area contributed by atoms with Crippen molar-refractivity contribution in [2.45, 2.75) is 12.1 Å². The molecular formula is C17H17F3N2O2. The fourth-order valence-electron chi connectivity index (χ4n) is 2.52. The van der Waals surface area contributed by atoms with Gasteiger partial charge in [-0.1, -0.05) is 18.2 Å². The van der Waals surface area contributed by atoms with E-state index in [9.17, 15) is 23.1 Å². The maximum absolute atomic E-state index is 13.4. The molecule has 128 valence electrons. The number of likely N-dealkylation sites (N-methyl/N-ethyl adjacent to an activating group) is 1. The summed E-state index contributed by atoms with van der Waals surface area (Å²) in [6.07, 6.45) is -1.18. The summed E-state index contributed by atoms with van der Waals surface area (Å²) < 4.78 is 39.6. The summed E-state index contributed by atoms with van der Waals surface area (Å²) in [4.78, 5) is 13.2. The van der Waals surface area contributed by atoms with Gasteiger partial charge in [-0.05, 0) is 42.4 Å². The Hall–Kier alpha value is -2.38. The van der Waals surface area contributed by atoms with Crippen molar-refractivity contribution in [2.75, 3.05) is 13.6 Å². The molecule has 2 aromatic rings. The first-order valence-electron chi connectivity index (χ1n) is 7.17. The van der Waals surface area contributed by atoms with Gasteiger partial charge in [0.1, 0.15) is 11.9 Å². The van der Waals surface area contributed by atoms with Crippen molar-refractivity contribution in [3.63, 3.8) is 0 Å². The molecule has 24 heavy (non-hydrogen) atoms. The highest BCUT2D eigenvalue weighted by Crippen LogP contribution is 2.24. The van der Waals surface area contributed by atoms with E-state index in [4.69, 9.17) is 5.73 Å². The Morgan fingerprint density at radius 1 is 1.12 bits per heavy atom. The van der Waals surface area contributed by atoms with Crippen LogP contribution in [-0.2, 0) is 4.79 Å². The van der Waals surface area contributed by atoms with E-state index in [1.165, 1.54) is 36.2 Å². The molecule has 4 nitrogen and oxygen atoms in total. The molecule has 2 unspecified atom stereocenters. The predicted molar refractivity (Wildman–Crippen MR) is 82.3 cm³/mol. The third-order valence-electron chi connectivity index (χ3n) is 3.66. The van der Waals surface area contributed by atoms with Crippen LogP contribution in [0, 0.1) is 17.5 Å². The van der Waals surface area contributed by atoms with Gasteiger partial charge in [0.05, 0.1) is 6.10 Å². The van der Waals surface area contributed by atoms with E-state index in [1.54, 1.807) is 6.07 Å². The van der Waals surface area contributed by atoms with E-state index in [0.717, 1.165) is 12.1 Å². The fraction of sp³-hybridized carbons (Fsp3) is 0.235. The van der Waals surface area contributed by atoms with Crippen LogP contribution in [0.4, 0.5) is 13.2 Å². The second-order valence-electron chi connectivity index (χ2n) is 5.49. The molecule has 0 aliphatic rings. The quantitative estimate of drug-likeness (QED) is 0.849. The van der Waals surface area contributed by atoms with Crippen LogP contribution < -0.4 is 5.73 Å². The van der Waals surface area contributed by atoms with E-state index < -0.39 is 35.5 Å². The topological polar surface area (TPSA) is 66.6 Å². The average molecular weight is 338 g/mol. The zero-order valence-electron chi connectivity index (χ0n) is 12.9. The molecule has 0 aliphatic heterocycles. The Morgan fingerprint density at radius 3 is 2.42 bits per heavy atom. The van der Waals surface area contributed by atoms with Crippen LogP contribution in [0.15, 0.2) is 42.5 Å². The first-order valence-corrected chi connectivity index (χ1v) is 7.17. The minimum atomic E-state index is -1.18. The van der Waals surface area contributed by atoms with Gasteiger partial charge in [-0.3, -0.25) is 9.69 Å². The Labute approximate surface area is 137 Å².